The molecule has 0 spiro atoms. The van der Waals surface area contributed by atoms with Crippen LogP contribution in [-0.2, 0) is 0 Å². The van der Waals surface area contributed by atoms with Crippen molar-refractivity contribution < 1.29 is 0 Å². The van der Waals surface area contributed by atoms with Gasteiger partial charge in [-0.15, -0.1) is 0 Å². The van der Waals surface area contributed by atoms with E-state index < -0.39 is 8.37 Å². The van der Waals surface area contributed by atoms with E-state index in [1.54, 1.807) is 0 Å². The minimum Gasteiger partial charge on any atom is -0.324 e. The van der Waals surface area contributed by atoms with E-state index in [4.69, 9.17) is 0 Å². The van der Waals surface area contributed by atoms with Gasteiger partial charge < -0.3 is 4.67 Å². The van der Waals surface area contributed by atoms with Gasteiger partial charge in [0.05, 0.1) is 6.20 Å². The summed E-state index contributed by atoms with van der Waals surface area (Å²) in [6.07, 6.45) is 7.21. The van der Waals surface area contributed by atoms with Crippen molar-refractivity contribution in [1.29, 1.82) is 0 Å². The van der Waals surface area contributed by atoms with Gasteiger partial charge in [-0.05, 0) is 19.4 Å². The molecule has 23 heavy (non-hydrogen) atoms. The van der Waals surface area contributed by atoms with Crippen molar-refractivity contribution in [1.82, 2.24) is 18.9 Å². The zero-order valence-corrected chi connectivity index (χ0v) is 15.9. The Morgan fingerprint density at radius 1 is 0.913 bits per heavy atom. The first-order chi connectivity index (χ1) is 11.3. The Labute approximate surface area is 144 Å². The molecule has 0 aromatic heterocycles. The molecule has 0 unspecified atom stereocenters. The van der Waals surface area contributed by atoms with Gasteiger partial charge in [-0.3, -0.25) is 14.2 Å². The van der Waals surface area contributed by atoms with Crippen LogP contribution >= 0.6 is 8.37 Å². The van der Waals surface area contributed by atoms with E-state index in [1.165, 1.54) is 65.0 Å². The lowest BCUT2D eigenvalue weighted by molar-refractivity contribution is 0.176. The van der Waals surface area contributed by atoms with Crippen LogP contribution in [0.2, 0.25) is 0 Å². The van der Waals surface area contributed by atoms with Crippen LogP contribution in [0.3, 0.4) is 0 Å². The fraction of sp³-hybridized carbons (Fsp3) is 0.778. The number of unbranched alkanes of at least 4 members (excludes halogenated alkanes) is 2. The summed E-state index contributed by atoms with van der Waals surface area (Å²) in [5.41, 5.74) is 5.91. The molecule has 0 aromatic carbocycles. The fourth-order valence-corrected chi connectivity index (χ4v) is 5.80. The highest BCUT2D eigenvalue weighted by atomic mass is 31.2. The van der Waals surface area contributed by atoms with E-state index in [9.17, 15) is 0 Å². The van der Waals surface area contributed by atoms with E-state index >= 15 is 0 Å². The van der Waals surface area contributed by atoms with Crippen LogP contribution in [0, 0.1) is 0 Å². The molecule has 130 valence electrons. The second-order valence-electron chi connectivity index (χ2n) is 6.34. The third-order valence-corrected chi connectivity index (χ3v) is 7.17. The molecular formula is C18H33N4P. The monoisotopic (exact) mass is 336 g/mol. The normalized spacial score (nSPS) is 26.1. The molecule has 2 bridgehead atoms. The zero-order chi connectivity index (χ0) is 16.5. The zero-order valence-electron chi connectivity index (χ0n) is 15.0. The first-order valence-electron chi connectivity index (χ1n) is 9.19. The van der Waals surface area contributed by atoms with Crippen molar-refractivity contribution in [3.8, 4) is 0 Å². The predicted molar refractivity (Wildman–Crippen MR) is 100 cm³/mol. The van der Waals surface area contributed by atoms with Crippen LogP contribution in [0.4, 0.5) is 0 Å². The van der Waals surface area contributed by atoms with E-state index in [1.807, 2.05) is 0 Å². The third-order valence-electron chi connectivity index (χ3n) is 4.58. The standard InChI is InChI=1S/C18H33N4P/c1-4-7-10-20-16-13-19-14-17-21(11-8-5-2)23(20)22(18-15-19)12-9-6-3/h10H,1,5-6,8-9,11-18H2,2-3H3. The van der Waals surface area contributed by atoms with Gasteiger partial charge in [0.15, 0.2) is 0 Å². The van der Waals surface area contributed by atoms with Crippen LogP contribution in [-0.4, -0.2) is 71.3 Å². The predicted octanol–water partition coefficient (Wildman–Crippen LogP) is 3.50. The quantitative estimate of drug-likeness (QED) is 0.521. The Bertz CT molecular complexity index is 409. The van der Waals surface area contributed by atoms with Gasteiger partial charge in [0.1, 0.15) is 8.37 Å². The van der Waals surface area contributed by atoms with Crippen LogP contribution in [0.15, 0.2) is 24.2 Å². The summed E-state index contributed by atoms with van der Waals surface area (Å²) in [4.78, 5) is 2.63. The maximum Gasteiger partial charge on any atom is 0.149 e. The summed E-state index contributed by atoms with van der Waals surface area (Å²) < 4.78 is 7.99. The Morgan fingerprint density at radius 2 is 1.48 bits per heavy atom. The molecule has 3 aliphatic rings. The number of hydrogen-bond donors (Lipinski definition) is 0. The maximum atomic E-state index is 3.68. The first kappa shape index (κ1) is 18.7. The minimum absolute atomic E-state index is 0.415. The van der Waals surface area contributed by atoms with Crippen molar-refractivity contribution in [2.75, 3.05) is 52.4 Å². The molecule has 3 aliphatic heterocycles. The maximum absolute atomic E-state index is 3.68. The minimum atomic E-state index is -0.415. The highest BCUT2D eigenvalue weighted by molar-refractivity contribution is 7.50. The van der Waals surface area contributed by atoms with Crippen molar-refractivity contribution >= 4 is 8.37 Å². The van der Waals surface area contributed by atoms with Gasteiger partial charge in [0.2, 0.25) is 0 Å². The summed E-state index contributed by atoms with van der Waals surface area (Å²) in [7, 11) is -0.415. The Kier molecular flexibility index (Phi) is 8.40. The molecule has 3 heterocycles. The molecule has 0 amide bonds. The van der Waals surface area contributed by atoms with Crippen molar-refractivity contribution in [2.45, 2.75) is 39.5 Å². The van der Waals surface area contributed by atoms with Crippen molar-refractivity contribution in [3.05, 3.63) is 24.2 Å². The Morgan fingerprint density at radius 3 is 2.00 bits per heavy atom. The molecule has 3 rings (SSSR count). The average molecular weight is 336 g/mol. The fourth-order valence-electron chi connectivity index (χ4n) is 3.19. The van der Waals surface area contributed by atoms with Crippen LogP contribution in [0.25, 0.3) is 0 Å². The van der Waals surface area contributed by atoms with Crippen LogP contribution in [0.5, 0.6) is 0 Å². The van der Waals surface area contributed by atoms with Gasteiger partial charge >= 0.3 is 0 Å². The lowest BCUT2D eigenvalue weighted by atomic mass is 10.3. The lowest BCUT2D eigenvalue weighted by Gasteiger charge is -2.49. The molecule has 0 N–H and O–H groups in total. The molecule has 0 atom stereocenters. The molecule has 0 aliphatic carbocycles. The number of nitrogens with zero attached hydrogens (tertiary/aromatic N) is 4. The van der Waals surface area contributed by atoms with Crippen molar-refractivity contribution in [3.63, 3.8) is 0 Å². The number of hydrogen-bond acceptors (Lipinski definition) is 4. The SMILES string of the molecule is C=C=C=CN1CC[N@]2CCN(CCCC)[P@@]1N(CCCC)CC2. The molecule has 0 saturated carbocycles. The Hall–Kier alpha value is -0.590. The smallest absolute Gasteiger partial charge is 0.149 e. The summed E-state index contributed by atoms with van der Waals surface area (Å²) in [6, 6.07) is 0. The van der Waals surface area contributed by atoms with Crippen molar-refractivity contribution in [2.24, 2.45) is 0 Å². The highest BCUT2D eigenvalue weighted by Gasteiger charge is 2.34. The molecule has 3 saturated heterocycles. The molecule has 5 heteroatoms. The van der Waals surface area contributed by atoms with Gasteiger partial charge in [0.25, 0.3) is 0 Å². The largest absolute Gasteiger partial charge is 0.324 e. The number of fused-ring (bicyclic) bond motifs is 6. The third kappa shape index (κ3) is 5.47. The number of rotatable bonds is 7. The van der Waals surface area contributed by atoms with E-state index in [2.05, 4.69) is 57.0 Å². The Balaban J connectivity index is 2.26. The lowest BCUT2D eigenvalue weighted by Crippen LogP contribution is -2.51. The average Bonchev–Trinajstić information content (AvgIpc) is 2.53. The summed E-state index contributed by atoms with van der Waals surface area (Å²) in [5, 5.41) is 0. The van der Waals surface area contributed by atoms with Crippen LogP contribution < -0.4 is 0 Å². The summed E-state index contributed by atoms with van der Waals surface area (Å²) >= 11 is 0. The van der Waals surface area contributed by atoms with E-state index in [0.717, 1.165) is 13.1 Å². The topological polar surface area (TPSA) is 13.0 Å². The molecule has 4 nitrogen and oxygen atoms in total. The summed E-state index contributed by atoms with van der Waals surface area (Å²) in [5.74, 6) is 0. The van der Waals surface area contributed by atoms with Gasteiger partial charge in [0, 0.05) is 52.4 Å². The molecule has 0 aromatic rings. The van der Waals surface area contributed by atoms with E-state index in [0.29, 0.717) is 0 Å². The molecular weight excluding hydrogens is 303 g/mol. The summed E-state index contributed by atoms with van der Waals surface area (Å²) in [6.45, 7) is 17.8. The highest BCUT2D eigenvalue weighted by Crippen LogP contribution is 2.49. The molecule has 3 fully saturated rings. The van der Waals surface area contributed by atoms with Gasteiger partial charge in [-0.1, -0.05) is 38.2 Å². The second-order valence-corrected chi connectivity index (χ2v) is 8.52. The molecule has 0 radical (unpaired) electrons. The van der Waals surface area contributed by atoms with Gasteiger partial charge in [-0.2, -0.15) is 0 Å². The van der Waals surface area contributed by atoms with Gasteiger partial charge in [-0.25, -0.2) is 0 Å². The second kappa shape index (κ2) is 10.3. The van der Waals surface area contributed by atoms with E-state index in [-0.39, 0.29) is 0 Å². The van der Waals surface area contributed by atoms with Crippen LogP contribution in [0.1, 0.15) is 39.5 Å². The first-order valence-corrected chi connectivity index (χ1v) is 10.4.